The molecule has 2 bridgehead atoms. The zero-order valence-electron chi connectivity index (χ0n) is 17.7. The van der Waals surface area contributed by atoms with E-state index in [1.54, 1.807) is 0 Å². The van der Waals surface area contributed by atoms with Gasteiger partial charge in [0.25, 0.3) is 5.91 Å². The van der Waals surface area contributed by atoms with Gasteiger partial charge in [0.1, 0.15) is 11.3 Å². The lowest BCUT2D eigenvalue weighted by atomic mass is 9.74. The molecular weight excluding hydrogens is 360 g/mol. The Morgan fingerprint density at radius 1 is 1.03 bits per heavy atom. The summed E-state index contributed by atoms with van der Waals surface area (Å²) < 4.78 is 1.99. The van der Waals surface area contributed by atoms with Crippen LogP contribution in [-0.4, -0.2) is 56.8 Å². The van der Waals surface area contributed by atoms with Crippen molar-refractivity contribution in [3.05, 3.63) is 35.3 Å². The van der Waals surface area contributed by atoms with Crippen LogP contribution >= 0.6 is 0 Å². The summed E-state index contributed by atoms with van der Waals surface area (Å²) in [5.41, 5.74) is 3.67. The van der Waals surface area contributed by atoms with Crippen LogP contribution in [0.1, 0.15) is 60.3 Å². The van der Waals surface area contributed by atoms with Crippen LogP contribution in [0.5, 0.6) is 0 Å². The molecule has 5 heterocycles. The molecule has 5 heteroatoms. The monoisotopic (exact) mass is 392 g/mol. The van der Waals surface area contributed by atoms with E-state index < -0.39 is 0 Å². The van der Waals surface area contributed by atoms with Gasteiger partial charge in [-0.05, 0) is 81.4 Å². The first-order valence-electron chi connectivity index (χ1n) is 11.6. The molecule has 3 aliphatic heterocycles. The second-order valence-corrected chi connectivity index (χ2v) is 10.1. The van der Waals surface area contributed by atoms with Crippen LogP contribution in [0.2, 0.25) is 0 Å². The number of aromatic nitrogens is 2. The van der Waals surface area contributed by atoms with E-state index in [-0.39, 0.29) is 5.91 Å². The van der Waals surface area contributed by atoms with Gasteiger partial charge in [0.05, 0.1) is 5.69 Å². The van der Waals surface area contributed by atoms with Crippen molar-refractivity contribution < 1.29 is 4.79 Å². The van der Waals surface area contributed by atoms with Crippen LogP contribution in [0.3, 0.4) is 0 Å². The van der Waals surface area contributed by atoms with E-state index in [0.29, 0.717) is 17.9 Å². The van der Waals surface area contributed by atoms with Gasteiger partial charge >= 0.3 is 0 Å². The van der Waals surface area contributed by atoms with Crippen LogP contribution in [0, 0.1) is 31.6 Å². The van der Waals surface area contributed by atoms with Crippen LogP contribution in [0.25, 0.3) is 5.65 Å². The predicted molar refractivity (Wildman–Crippen MR) is 113 cm³/mol. The summed E-state index contributed by atoms with van der Waals surface area (Å²) in [6.07, 6.45) is 10.3. The largest absolute Gasteiger partial charge is 0.337 e. The third-order valence-electron chi connectivity index (χ3n) is 8.05. The Bertz CT molecular complexity index is 961. The second kappa shape index (κ2) is 6.56. The number of carbonyl (C=O) groups excluding carboxylic acids is 1. The van der Waals surface area contributed by atoms with E-state index in [1.807, 2.05) is 17.5 Å². The summed E-state index contributed by atoms with van der Waals surface area (Å²) in [6, 6.07) is 5.66. The maximum absolute atomic E-state index is 13.6. The maximum atomic E-state index is 13.6. The molecule has 2 aromatic heterocycles. The van der Waals surface area contributed by atoms with Gasteiger partial charge in [-0.2, -0.15) is 0 Å². The molecule has 2 aromatic rings. The average molecular weight is 393 g/mol. The molecule has 4 fully saturated rings. The van der Waals surface area contributed by atoms with Crippen molar-refractivity contribution >= 4 is 11.6 Å². The standard InChI is InChI=1S/C24H32N4O/c1-15-8-9-27-22(10-15)25-16(2)23(27)24(29)26-12-17-11-19(14-26)21-5-3-4-20(18-6-7-18)28(21)13-17/h8-10,17-21H,3-7,11-14H2,1-2H3/t17-,19+,20+,21-/m0/s1. The highest BCUT2D eigenvalue weighted by molar-refractivity contribution is 5.94. The van der Waals surface area contributed by atoms with Gasteiger partial charge in [-0.3, -0.25) is 14.1 Å². The van der Waals surface area contributed by atoms with Crippen molar-refractivity contribution in [3.8, 4) is 0 Å². The molecule has 4 aliphatic rings. The fourth-order valence-corrected chi connectivity index (χ4v) is 6.67. The number of fused-ring (bicyclic) bond motifs is 5. The Kier molecular flexibility index (Phi) is 4.06. The van der Waals surface area contributed by atoms with Gasteiger partial charge in [0.15, 0.2) is 0 Å². The molecule has 4 atom stereocenters. The minimum Gasteiger partial charge on any atom is -0.337 e. The van der Waals surface area contributed by atoms with Gasteiger partial charge in [-0.15, -0.1) is 0 Å². The molecule has 0 unspecified atom stereocenters. The second-order valence-electron chi connectivity index (χ2n) is 10.1. The maximum Gasteiger partial charge on any atom is 0.272 e. The lowest BCUT2D eigenvalue weighted by Crippen LogP contribution is -2.62. The summed E-state index contributed by atoms with van der Waals surface area (Å²) in [5, 5.41) is 0. The first-order chi connectivity index (χ1) is 14.1. The Balaban J connectivity index is 1.27. The number of hydrogen-bond donors (Lipinski definition) is 0. The summed E-state index contributed by atoms with van der Waals surface area (Å²) >= 11 is 0. The highest BCUT2D eigenvalue weighted by Crippen LogP contribution is 2.46. The Labute approximate surface area is 173 Å². The molecule has 5 nitrogen and oxygen atoms in total. The minimum absolute atomic E-state index is 0.177. The fraction of sp³-hybridized carbons (Fsp3) is 0.667. The zero-order valence-corrected chi connectivity index (χ0v) is 17.7. The van der Waals surface area contributed by atoms with Gasteiger partial charge < -0.3 is 4.90 Å². The number of imidazole rings is 1. The van der Waals surface area contributed by atoms with Crippen molar-refractivity contribution in [1.82, 2.24) is 19.2 Å². The summed E-state index contributed by atoms with van der Waals surface area (Å²) in [7, 11) is 0. The Hall–Kier alpha value is -1.88. The molecule has 1 aliphatic carbocycles. The molecular formula is C24H32N4O. The average Bonchev–Trinajstić information content (AvgIpc) is 3.49. The molecule has 0 N–H and O–H groups in total. The summed E-state index contributed by atoms with van der Waals surface area (Å²) in [4.78, 5) is 23.3. The molecule has 0 spiro atoms. The van der Waals surface area contributed by atoms with E-state index in [1.165, 1.54) is 50.6 Å². The molecule has 0 radical (unpaired) electrons. The first kappa shape index (κ1) is 17.9. The lowest BCUT2D eigenvalue weighted by Gasteiger charge is -2.55. The molecule has 29 heavy (non-hydrogen) atoms. The van der Waals surface area contributed by atoms with Crippen molar-refractivity contribution in [1.29, 1.82) is 0 Å². The number of aryl methyl sites for hydroxylation is 2. The zero-order chi connectivity index (χ0) is 19.7. The highest BCUT2D eigenvalue weighted by Gasteiger charge is 2.48. The summed E-state index contributed by atoms with van der Waals surface area (Å²) in [6.45, 7) is 7.09. The number of amides is 1. The number of rotatable bonds is 2. The van der Waals surface area contributed by atoms with Crippen molar-refractivity contribution in [2.45, 2.75) is 64.5 Å². The van der Waals surface area contributed by atoms with Crippen molar-refractivity contribution in [2.75, 3.05) is 19.6 Å². The van der Waals surface area contributed by atoms with Crippen molar-refractivity contribution in [2.24, 2.45) is 17.8 Å². The minimum atomic E-state index is 0.177. The quantitative estimate of drug-likeness (QED) is 0.783. The number of piperidine rings is 3. The number of carbonyl (C=O) groups is 1. The first-order valence-corrected chi connectivity index (χ1v) is 11.6. The van der Waals surface area contributed by atoms with Crippen LogP contribution in [0.4, 0.5) is 0 Å². The van der Waals surface area contributed by atoms with E-state index in [9.17, 15) is 4.79 Å². The number of nitrogens with zero attached hydrogens (tertiary/aromatic N) is 4. The van der Waals surface area contributed by atoms with Crippen molar-refractivity contribution in [3.63, 3.8) is 0 Å². The van der Waals surface area contributed by atoms with Crippen LogP contribution < -0.4 is 0 Å². The van der Waals surface area contributed by atoms with E-state index in [2.05, 4.69) is 33.8 Å². The smallest absolute Gasteiger partial charge is 0.272 e. The molecule has 154 valence electrons. The topological polar surface area (TPSA) is 40.9 Å². The van der Waals surface area contributed by atoms with Crippen LogP contribution in [0.15, 0.2) is 18.3 Å². The van der Waals surface area contributed by atoms with Gasteiger partial charge in [0, 0.05) is 37.9 Å². The fourth-order valence-electron chi connectivity index (χ4n) is 6.67. The number of hydrogen-bond acceptors (Lipinski definition) is 3. The number of pyridine rings is 1. The molecule has 1 saturated carbocycles. The van der Waals surface area contributed by atoms with Gasteiger partial charge in [-0.25, -0.2) is 4.98 Å². The van der Waals surface area contributed by atoms with E-state index in [0.717, 1.165) is 42.1 Å². The van der Waals surface area contributed by atoms with Crippen LogP contribution in [-0.2, 0) is 0 Å². The SMILES string of the molecule is Cc1ccn2c(C(=O)N3C[C@@H]4C[C@H](C3)[C@@H]3CCC[C@H](C5CC5)N3C4)c(C)nc2c1. The Morgan fingerprint density at radius 3 is 2.62 bits per heavy atom. The Morgan fingerprint density at radius 2 is 1.83 bits per heavy atom. The molecule has 0 aromatic carbocycles. The normalized spacial score (nSPS) is 32.4. The molecule has 6 rings (SSSR count). The summed E-state index contributed by atoms with van der Waals surface area (Å²) in [5.74, 6) is 2.43. The third kappa shape index (κ3) is 2.92. The number of likely N-dealkylation sites (tertiary alicyclic amines) is 1. The van der Waals surface area contributed by atoms with Gasteiger partial charge in [-0.1, -0.05) is 6.42 Å². The molecule has 1 amide bonds. The third-order valence-corrected chi connectivity index (χ3v) is 8.05. The van der Waals surface area contributed by atoms with Gasteiger partial charge in [0.2, 0.25) is 0 Å². The predicted octanol–water partition coefficient (Wildman–Crippen LogP) is 3.68. The molecule has 3 saturated heterocycles. The van der Waals surface area contributed by atoms with E-state index in [4.69, 9.17) is 0 Å². The lowest BCUT2D eigenvalue weighted by molar-refractivity contribution is -0.0552. The van der Waals surface area contributed by atoms with E-state index >= 15 is 0 Å². The highest BCUT2D eigenvalue weighted by atomic mass is 16.2.